The lowest BCUT2D eigenvalue weighted by molar-refractivity contribution is 0.0857. The van der Waals surface area contributed by atoms with Crippen molar-refractivity contribution in [2.75, 3.05) is 0 Å². The van der Waals surface area contributed by atoms with Crippen LogP contribution in [0.25, 0.3) is 10.8 Å². The number of hydrazine groups is 1. The molecule has 2 aromatic rings. The number of benzene rings is 2. The van der Waals surface area contributed by atoms with Crippen molar-refractivity contribution in [3.63, 3.8) is 0 Å². The van der Waals surface area contributed by atoms with E-state index in [1.54, 1.807) is 0 Å². The summed E-state index contributed by atoms with van der Waals surface area (Å²) in [5.74, 6) is 6.42. The van der Waals surface area contributed by atoms with Crippen molar-refractivity contribution in [1.29, 1.82) is 0 Å². The third-order valence-corrected chi connectivity index (χ3v) is 5.20. The van der Waals surface area contributed by atoms with E-state index in [4.69, 9.17) is 10.6 Å². The molecule has 0 spiro atoms. The summed E-state index contributed by atoms with van der Waals surface area (Å²) in [6.45, 7) is 0. The van der Waals surface area contributed by atoms with E-state index in [-0.39, 0.29) is 0 Å². The molecule has 0 amide bonds. The van der Waals surface area contributed by atoms with Gasteiger partial charge < -0.3 is 4.74 Å². The van der Waals surface area contributed by atoms with Crippen molar-refractivity contribution < 1.29 is 4.74 Å². The molecule has 2 aliphatic rings. The van der Waals surface area contributed by atoms with E-state index in [1.165, 1.54) is 29.2 Å². The lowest BCUT2D eigenvalue weighted by Crippen LogP contribution is -2.45. The molecule has 4 unspecified atom stereocenters. The number of nitrogens with one attached hydrogen (secondary N) is 1. The number of rotatable bonds is 4. The first kappa shape index (κ1) is 13.3. The largest absolute Gasteiger partial charge is 0.375 e. The van der Waals surface area contributed by atoms with Gasteiger partial charge in [0.15, 0.2) is 0 Å². The Labute approximate surface area is 125 Å². The minimum absolute atomic E-state index is 0.297. The molecular weight excluding hydrogens is 260 g/mol. The van der Waals surface area contributed by atoms with Crippen LogP contribution >= 0.6 is 0 Å². The Balaban J connectivity index is 1.61. The van der Waals surface area contributed by atoms with Gasteiger partial charge in [-0.15, -0.1) is 0 Å². The highest BCUT2D eigenvalue weighted by Gasteiger charge is 2.44. The van der Waals surface area contributed by atoms with Gasteiger partial charge >= 0.3 is 0 Å². The summed E-state index contributed by atoms with van der Waals surface area (Å²) >= 11 is 0. The molecule has 0 aromatic heterocycles. The Morgan fingerprint density at radius 2 is 2.00 bits per heavy atom. The Bertz CT molecular complexity index is 637. The number of ether oxygens (including phenoxy) is 1. The van der Waals surface area contributed by atoms with Crippen LogP contribution in [-0.2, 0) is 11.2 Å². The zero-order valence-electron chi connectivity index (χ0n) is 12.2. The van der Waals surface area contributed by atoms with Crippen LogP contribution in [0.15, 0.2) is 42.5 Å². The number of hydrogen-bond donors (Lipinski definition) is 2. The van der Waals surface area contributed by atoms with Crippen molar-refractivity contribution in [2.45, 2.75) is 43.9 Å². The molecule has 2 aliphatic heterocycles. The topological polar surface area (TPSA) is 47.3 Å². The van der Waals surface area contributed by atoms with Gasteiger partial charge in [0, 0.05) is 12.0 Å². The summed E-state index contributed by atoms with van der Waals surface area (Å²) in [4.78, 5) is 0. The molecule has 2 saturated heterocycles. The first-order valence-corrected chi connectivity index (χ1v) is 7.93. The smallest absolute Gasteiger partial charge is 0.0624 e. The van der Waals surface area contributed by atoms with Gasteiger partial charge in [-0.25, -0.2) is 0 Å². The predicted molar refractivity (Wildman–Crippen MR) is 84.8 cm³/mol. The first-order valence-electron chi connectivity index (χ1n) is 7.93. The van der Waals surface area contributed by atoms with Crippen molar-refractivity contribution in [1.82, 2.24) is 5.43 Å². The fourth-order valence-corrected chi connectivity index (χ4v) is 4.14. The van der Waals surface area contributed by atoms with Gasteiger partial charge in [0.05, 0.1) is 12.2 Å². The van der Waals surface area contributed by atoms with Gasteiger partial charge in [-0.1, -0.05) is 42.5 Å². The minimum atomic E-state index is 0.297. The van der Waals surface area contributed by atoms with Crippen molar-refractivity contribution in [3.05, 3.63) is 48.0 Å². The maximum Gasteiger partial charge on any atom is 0.0624 e. The SMILES string of the molecule is NNC(Cc1cccc2ccccc12)C1CC2CCC1O2. The maximum absolute atomic E-state index is 6.00. The van der Waals surface area contributed by atoms with E-state index >= 15 is 0 Å². The highest BCUT2D eigenvalue weighted by molar-refractivity contribution is 5.85. The van der Waals surface area contributed by atoms with Gasteiger partial charge in [-0.3, -0.25) is 11.3 Å². The molecular formula is C18H22N2O. The monoisotopic (exact) mass is 282 g/mol. The summed E-state index contributed by atoms with van der Waals surface area (Å²) in [6, 6.07) is 15.4. The third kappa shape index (κ3) is 2.35. The lowest BCUT2D eigenvalue weighted by atomic mass is 9.81. The fraction of sp³-hybridized carbons (Fsp3) is 0.444. The Morgan fingerprint density at radius 1 is 1.14 bits per heavy atom. The normalized spacial score (nSPS) is 29.1. The summed E-state index contributed by atoms with van der Waals surface area (Å²) < 4.78 is 6.00. The van der Waals surface area contributed by atoms with E-state index in [0.29, 0.717) is 24.2 Å². The highest BCUT2D eigenvalue weighted by atomic mass is 16.5. The van der Waals surface area contributed by atoms with E-state index in [2.05, 4.69) is 47.9 Å². The molecule has 0 aliphatic carbocycles. The van der Waals surface area contributed by atoms with Gasteiger partial charge in [0.25, 0.3) is 0 Å². The number of nitrogens with two attached hydrogens (primary N) is 1. The molecule has 2 bridgehead atoms. The first-order chi connectivity index (χ1) is 10.3. The van der Waals surface area contributed by atoms with Gasteiger partial charge in [0.2, 0.25) is 0 Å². The second kappa shape index (κ2) is 5.41. The zero-order chi connectivity index (χ0) is 14.2. The Hall–Kier alpha value is -1.42. The van der Waals surface area contributed by atoms with Gasteiger partial charge in [-0.2, -0.15) is 0 Å². The van der Waals surface area contributed by atoms with E-state index in [0.717, 1.165) is 12.8 Å². The molecule has 4 atom stereocenters. The molecule has 110 valence electrons. The second-order valence-electron chi connectivity index (χ2n) is 6.39. The van der Waals surface area contributed by atoms with Gasteiger partial charge in [-0.05, 0) is 42.0 Å². The minimum Gasteiger partial charge on any atom is -0.375 e. The van der Waals surface area contributed by atoms with Crippen LogP contribution in [0.3, 0.4) is 0 Å². The zero-order valence-corrected chi connectivity index (χ0v) is 12.2. The van der Waals surface area contributed by atoms with Crippen LogP contribution in [0, 0.1) is 5.92 Å². The van der Waals surface area contributed by atoms with Crippen LogP contribution in [0.4, 0.5) is 0 Å². The predicted octanol–water partition coefficient (Wildman–Crippen LogP) is 2.78. The maximum atomic E-state index is 6.00. The molecule has 3 heteroatoms. The molecule has 0 radical (unpaired) electrons. The summed E-state index contributed by atoms with van der Waals surface area (Å²) in [6.07, 6.45) is 5.43. The summed E-state index contributed by atoms with van der Waals surface area (Å²) in [5, 5.41) is 2.64. The number of hydrogen-bond acceptors (Lipinski definition) is 3. The molecule has 4 rings (SSSR count). The molecule has 2 heterocycles. The Morgan fingerprint density at radius 3 is 2.76 bits per heavy atom. The molecule has 3 nitrogen and oxygen atoms in total. The highest BCUT2D eigenvalue weighted by Crippen LogP contribution is 2.41. The van der Waals surface area contributed by atoms with Crippen LogP contribution in [0.2, 0.25) is 0 Å². The average molecular weight is 282 g/mol. The third-order valence-electron chi connectivity index (χ3n) is 5.20. The van der Waals surface area contributed by atoms with Crippen molar-refractivity contribution in [2.24, 2.45) is 11.8 Å². The van der Waals surface area contributed by atoms with Crippen LogP contribution in [0.1, 0.15) is 24.8 Å². The molecule has 21 heavy (non-hydrogen) atoms. The lowest BCUT2D eigenvalue weighted by Gasteiger charge is -2.28. The standard InChI is InChI=1S/C18H22N2O/c19-20-17(16-11-14-8-9-18(16)21-14)10-13-6-3-5-12-4-1-2-7-15(12)13/h1-7,14,16-18,20H,8-11,19H2. The molecule has 2 fully saturated rings. The van der Waals surface area contributed by atoms with E-state index < -0.39 is 0 Å². The quantitative estimate of drug-likeness (QED) is 0.669. The molecule has 0 saturated carbocycles. The van der Waals surface area contributed by atoms with Crippen LogP contribution in [0.5, 0.6) is 0 Å². The summed E-state index contributed by atoms with van der Waals surface area (Å²) in [5.41, 5.74) is 4.44. The average Bonchev–Trinajstić information content (AvgIpc) is 3.15. The van der Waals surface area contributed by atoms with E-state index in [1.807, 2.05) is 0 Å². The second-order valence-corrected chi connectivity index (χ2v) is 6.39. The van der Waals surface area contributed by atoms with Crippen molar-refractivity contribution >= 4 is 10.8 Å². The van der Waals surface area contributed by atoms with Crippen LogP contribution < -0.4 is 11.3 Å². The fourth-order valence-electron chi connectivity index (χ4n) is 4.14. The summed E-state index contributed by atoms with van der Waals surface area (Å²) in [7, 11) is 0. The Kier molecular flexibility index (Phi) is 3.42. The van der Waals surface area contributed by atoms with Gasteiger partial charge in [0.1, 0.15) is 0 Å². The molecule has 3 N–H and O–H groups in total. The van der Waals surface area contributed by atoms with E-state index in [9.17, 15) is 0 Å². The van der Waals surface area contributed by atoms with Crippen molar-refractivity contribution in [3.8, 4) is 0 Å². The molecule has 2 aromatic carbocycles. The number of fused-ring (bicyclic) bond motifs is 3. The van der Waals surface area contributed by atoms with Crippen LogP contribution in [-0.4, -0.2) is 18.2 Å².